The molecular formula is C14H16N4S. The molecule has 0 saturated carbocycles. The van der Waals surface area contributed by atoms with E-state index in [1.54, 1.807) is 18.0 Å². The molecule has 1 aromatic heterocycles. The Morgan fingerprint density at radius 1 is 1.26 bits per heavy atom. The van der Waals surface area contributed by atoms with Crippen LogP contribution in [0.2, 0.25) is 0 Å². The summed E-state index contributed by atoms with van der Waals surface area (Å²) in [6.07, 6.45) is 4.77. The number of nitrogens with one attached hydrogen (secondary N) is 2. The molecular weight excluding hydrogens is 256 g/mol. The number of hydrogen-bond acceptors (Lipinski definition) is 4. The van der Waals surface area contributed by atoms with Crippen LogP contribution in [0.4, 0.5) is 0 Å². The molecule has 0 spiro atoms. The molecule has 19 heavy (non-hydrogen) atoms. The number of imidazole rings is 1. The molecule has 0 atom stereocenters. The van der Waals surface area contributed by atoms with Crippen molar-refractivity contribution in [2.45, 2.75) is 12.2 Å². The predicted octanol–water partition coefficient (Wildman–Crippen LogP) is 2.66. The monoisotopic (exact) mass is 272 g/mol. The number of thioether (sulfide) groups is 1. The molecule has 1 aliphatic rings. The first-order valence-corrected chi connectivity index (χ1v) is 7.41. The molecule has 3 rings (SSSR count). The van der Waals surface area contributed by atoms with Crippen molar-refractivity contribution >= 4 is 16.9 Å². The molecule has 0 bridgehead atoms. The van der Waals surface area contributed by atoms with E-state index in [1.165, 1.54) is 5.56 Å². The van der Waals surface area contributed by atoms with Crippen molar-refractivity contribution in [3.8, 4) is 11.4 Å². The van der Waals surface area contributed by atoms with Crippen LogP contribution < -0.4 is 5.32 Å². The van der Waals surface area contributed by atoms with Gasteiger partial charge in [-0.15, -0.1) is 0 Å². The van der Waals surface area contributed by atoms with Crippen LogP contribution in [0.25, 0.3) is 11.4 Å². The van der Waals surface area contributed by atoms with Gasteiger partial charge in [0.25, 0.3) is 0 Å². The van der Waals surface area contributed by atoms with E-state index in [0.717, 1.165) is 41.8 Å². The second-order valence-electron chi connectivity index (χ2n) is 4.35. The fourth-order valence-electron chi connectivity index (χ4n) is 2.04. The van der Waals surface area contributed by atoms with E-state index in [4.69, 9.17) is 0 Å². The van der Waals surface area contributed by atoms with Crippen LogP contribution in [0.5, 0.6) is 0 Å². The molecule has 1 aliphatic heterocycles. The summed E-state index contributed by atoms with van der Waals surface area (Å²) in [7, 11) is 0. The van der Waals surface area contributed by atoms with E-state index in [2.05, 4.69) is 38.5 Å². The topological polar surface area (TPSA) is 53.1 Å². The smallest absolute Gasteiger partial charge is 0.156 e. The van der Waals surface area contributed by atoms with Gasteiger partial charge in [0.2, 0.25) is 0 Å². The van der Waals surface area contributed by atoms with Gasteiger partial charge < -0.3 is 10.3 Å². The molecule has 0 saturated heterocycles. The van der Waals surface area contributed by atoms with Crippen LogP contribution in [-0.2, 0) is 5.75 Å². The Hall–Kier alpha value is -1.75. The number of amidine groups is 1. The van der Waals surface area contributed by atoms with Gasteiger partial charge in [0.05, 0.1) is 0 Å². The molecule has 2 heterocycles. The molecule has 0 radical (unpaired) electrons. The minimum atomic E-state index is 0.905. The molecule has 0 fully saturated rings. The summed E-state index contributed by atoms with van der Waals surface area (Å²) in [5.41, 5.74) is 2.44. The lowest BCUT2D eigenvalue weighted by molar-refractivity contribution is 0.751. The third kappa shape index (κ3) is 2.98. The fraction of sp³-hybridized carbons (Fsp3) is 0.286. The average molecular weight is 272 g/mol. The molecule has 2 N–H and O–H groups in total. The molecule has 4 nitrogen and oxygen atoms in total. The van der Waals surface area contributed by atoms with Crippen molar-refractivity contribution in [1.29, 1.82) is 0 Å². The van der Waals surface area contributed by atoms with Crippen LogP contribution in [0.1, 0.15) is 12.0 Å². The first-order chi connectivity index (χ1) is 9.43. The van der Waals surface area contributed by atoms with E-state index >= 15 is 0 Å². The summed E-state index contributed by atoms with van der Waals surface area (Å²) < 4.78 is 0. The van der Waals surface area contributed by atoms with Crippen molar-refractivity contribution < 1.29 is 0 Å². The highest BCUT2D eigenvalue weighted by Crippen LogP contribution is 2.24. The van der Waals surface area contributed by atoms with Crippen molar-refractivity contribution in [2.24, 2.45) is 4.99 Å². The normalized spacial score (nSPS) is 14.8. The van der Waals surface area contributed by atoms with Gasteiger partial charge in [-0.1, -0.05) is 36.0 Å². The van der Waals surface area contributed by atoms with Gasteiger partial charge in [-0.05, 0) is 12.0 Å². The van der Waals surface area contributed by atoms with Crippen LogP contribution in [-0.4, -0.2) is 28.2 Å². The van der Waals surface area contributed by atoms with Crippen LogP contribution >= 0.6 is 11.8 Å². The minimum Gasteiger partial charge on any atom is -0.365 e. The Bertz CT molecular complexity index is 563. The average Bonchev–Trinajstić information content (AvgIpc) is 3.01. The highest BCUT2D eigenvalue weighted by molar-refractivity contribution is 8.13. The summed E-state index contributed by atoms with van der Waals surface area (Å²) in [4.78, 5) is 12.0. The van der Waals surface area contributed by atoms with Crippen molar-refractivity contribution in [2.75, 3.05) is 13.1 Å². The summed E-state index contributed by atoms with van der Waals surface area (Å²) in [6.45, 7) is 1.97. The van der Waals surface area contributed by atoms with Gasteiger partial charge >= 0.3 is 0 Å². The standard InChI is InChI=1S/C14H16N4S/c1-2-5-12(13-15-8-9-16-13)11(4-1)10-19-14-17-6-3-7-18-14/h1-2,4-5,8-9H,3,6-7,10H2,(H,15,16)(H,17,18). The number of aliphatic imine (C=N–C) groups is 1. The maximum atomic E-state index is 4.48. The lowest BCUT2D eigenvalue weighted by atomic mass is 10.1. The van der Waals surface area contributed by atoms with E-state index in [9.17, 15) is 0 Å². The maximum Gasteiger partial charge on any atom is 0.156 e. The van der Waals surface area contributed by atoms with Crippen molar-refractivity contribution in [3.63, 3.8) is 0 Å². The number of H-pyrrole nitrogens is 1. The van der Waals surface area contributed by atoms with Crippen LogP contribution in [0.3, 0.4) is 0 Å². The van der Waals surface area contributed by atoms with Crippen molar-refractivity contribution in [3.05, 3.63) is 42.2 Å². The quantitative estimate of drug-likeness (QED) is 0.903. The number of rotatable bonds is 3. The summed E-state index contributed by atoms with van der Waals surface area (Å²) in [6, 6.07) is 8.36. The molecule has 5 heteroatoms. The molecule has 1 aromatic carbocycles. The highest BCUT2D eigenvalue weighted by Gasteiger charge is 2.09. The Labute approximate surface area is 116 Å². The highest BCUT2D eigenvalue weighted by atomic mass is 32.2. The molecule has 2 aromatic rings. The molecule has 0 amide bonds. The Morgan fingerprint density at radius 3 is 3.00 bits per heavy atom. The zero-order valence-electron chi connectivity index (χ0n) is 10.6. The number of benzene rings is 1. The van der Waals surface area contributed by atoms with Crippen molar-refractivity contribution in [1.82, 2.24) is 15.3 Å². The van der Waals surface area contributed by atoms with Gasteiger partial charge in [0.1, 0.15) is 5.82 Å². The number of nitrogens with zero attached hydrogens (tertiary/aromatic N) is 2. The van der Waals surface area contributed by atoms with Gasteiger partial charge in [0, 0.05) is 36.8 Å². The molecule has 98 valence electrons. The van der Waals surface area contributed by atoms with Gasteiger partial charge in [-0.3, -0.25) is 4.99 Å². The number of hydrogen-bond donors (Lipinski definition) is 2. The number of aromatic nitrogens is 2. The van der Waals surface area contributed by atoms with E-state index in [0.29, 0.717) is 0 Å². The number of aromatic amines is 1. The first-order valence-electron chi connectivity index (χ1n) is 6.42. The summed E-state index contributed by atoms with van der Waals surface area (Å²) >= 11 is 1.76. The van der Waals surface area contributed by atoms with Crippen LogP contribution in [0.15, 0.2) is 41.7 Å². The van der Waals surface area contributed by atoms with Gasteiger partial charge in [0.15, 0.2) is 5.17 Å². The van der Waals surface area contributed by atoms with Crippen LogP contribution in [0, 0.1) is 0 Å². The van der Waals surface area contributed by atoms with E-state index in [-0.39, 0.29) is 0 Å². The minimum absolute atomic E-state index is 0.905. The third-order valence-corrected chi connectivity index (χ3v) is 4.00. The fourth-order valence-corrected chi connectivity index (χ4v) is 2.97. The van der Waals surface area contributed by atoms with E-state index < -0.39 is 0 Å². The summed E-state index contributed by atoms with van der Waals surface area (Å²) in [5, 5.41) is 4.39. The van der Waals surface area contributed by atoms with E-state index in [1.807, 2.05) is 12.3 Å². The predicted molar refractivity (Wildman–Crippen MR) is 80.2 cm³/mol. The second-order valence-corrected chi connectivity index (χ2v) is 5.31. The van der Waals surface area contributed by atoms with Gasteiger partial charge in [-0.2, -0.15) is 0 Å². The Kier molecular flexibility index (Phi) is 3.83. The molecule has 0 aliphatic carbocycles. The maximum absolute atomic E-state index is 4.48. The SMILES string of the molecule is c1ccc(-c2ncc[nH]2)c(CSC2=NCCCN2)c1. The summed E-state index contributed by atoms with van der Waals surface area (Å²) in [5.74, 6) is 1.83. The Morgan fingerprint density at radius 2 is 2.21 bits per heavy atom. The van der Waals surface area contributed by atoms with Gasteiger partial charge in [-0.25, -0.2) is 4.98 Å². The third-order valence-electron chi connectivity index (χ3n) is 3.00. The second kappa shape index (κ2) is 5.93. The zero-order chi connectivity index (χ0) is 12.9. The first kappa shape index (κ1) is 12.3. The largest absolute Gasteiger partial charge is 0.365 e. The zero-order valence-corrected chi connectivity index (χ0v) is 11.4. The lowest BCUT2D eigenvalue weighted by Crippen LogP contribution is -2.26. The Balaban J connectivity index is 1.76. The molecule has 0 unspecified atom stereocenters. The lowest BCUT2D eigenvalue weighted by Gasteiger charge is -2.14.